The molecule has 0 bridgehead atoms. The number of H-pyrrole nitrogens is 1. The van der Waals surface area contributed by atoms with E-state index in [0.29, 0.717) is 42.1 Å². The van der Waals surface area contributed by atoms with Crippen molar-refractivity contribution in [3.05, 3.63) is 75.6 Å². The lowest BCUT2D eigenvalue weighted by Crippen LogP contribution is -2.49. The molecule has 2 aromatic carbocycles. The third-order valence-electron chi connectivity index (χ3n) is 9.50. The summed E-state index contributed by atoms with van der Waals surface area (Å²) in [6.07, 6.45) is 3.33. The first-order chi connectivity index (χ1) is 20.6. The van der Waals surface area contributed by atoms with Crippen LogP contribution in [0.5, 0.6) is 0 Å². The van der Waals surface area contributed by atoms with Gasteiger partial charge in [-0.2, -0.15) is 5.26 Å². The van der Waals surface area contributed by atoms with Crippen LogP contribution < -0.4 is 16.8 Å². The van der Waals surface area contributed by atoms with E-state index in [0.717, 1.165) is 35.1 Å². The van der Waals surface area contributed by atoms with Gasteiger partial charge in [0, 0.05) is 23.2 Å². The second-order valence-corrected chi connectivity index (χ2v) is 12.3. The van der Waals surface area contributed by atoms with Crippen LogP contribution in [-0.4, -0.2) is 67.9 Å². The van der Waals surface area contributed by atoms with Gasteiger partial charge in [-0.05, 0) is 101 Å². The van der Waals surface area contributed by atoms with Crippen LogP contribution in [0.3, 0.4) is 0 Å². The molecular formula is C31H35N9O3. The monoisotopic (exact) mass is 581 g/mol. The second-order valence-electron chi connectivity index (χ2n) is 12.3. The maximum atomic E-state index is 13.4. The zero-order valence-electron chi connectivity index (χ0n) is 24.2. The first-order valence-electron chi connectivity index (χ1n) is 14.7. The summed E-state index contributed by atoms with van der Waals surface area (Å²) in [6, 6.07) is 12.8. The van der Waals surface area contributed by atoms with E-state index in [4.69, 9.17) is 11.5 Å². The number of fused-ring (bicyclic) bond motifs is 3. The predicted molar refractivity (Wildman–Crippen MR) is 155 cm³/mol. The summed E-state index contributed by atoms with van der Waals surface area (Å²) in [4.78, 5) is 39.5. The largest absolute Gasteiger partial charge is 0.366 e. The van der Waals surface area contributed by atoms with Gasteiger partial charge in [0.25, 0.3) is 0 Å². The summed E-state index contributed by atoms with van der Waals surface area (Å²) in [7, 11) is 0. The Morgan fingerprint density at radius 3 is 2.21 bits per heavy atom. The first kappa shape index (κ1) is 28.5. The van der Waals surface area contributed by atoms with Crippen molar-refractivity contribution < 1.29 is 14.4 Å². The van der Waals surface area contributed by atoms with Crippen LogP contribution in [0, 0.1) is 23.2 Å². The number of carbonyl (C=O) groups excluding carboxylic acids is 3. The topological polar surface area (TPSA) is 197 Å². The molecule has 12 heteroatoms. The van der Waals surface area contributed by atoms with E-state index in [9.17, 15) is 19.6 Å². The lowest BCUT2D eigenvalue weighted by Gasteiger charge is -2.39. The van der Waals surface area contributed by atoms with Crippen LogP contribution in [0.4, 0.5) is 0 Å². The number of hydrogen-bond acceptors (Lipinski definition) is 8. The van der Waals surface area contributed by atoms with Crippen LogP contribution in [0.1, 0.15) is 81.9 Å². The van der Waals surface area contributed by atoms with E-state index in [2.05, 4.69) is 45.9 Å². The molecule has 43 heavy (non-hydrogen) atoms. The molecule has 12 nitrogen and oxygen atoms in total. The van der Waals surface area contributed by atoms with Crippen LogP contribution in [0.25, 0.3) is 0 Å². The average molecular weight is 582 g/mol. The summed E-state index contributed by atoms with van der Waals surface area (Å²) < 4.78 is 0. The predicted octanol–water partition coefficient (Wildman–Crippen LogP) is 1.35. The molecule has 6 rings (SSSR count). The Morgan fingerprint density at radius 1 is 1.07 bits per heavy atom. The quantitative estimate of drug-likeness (QED) is 0.290. The molecule has 3 amide bonds. The molecule has 0 spiro atoms. The van der Waals surface area contributed by atoms with E-state index in [1.54, 1.807) is 17.0 Å². The Kier molecular flexibility index (Phi) is 7.22. The van der Waals surface area contributed by atoms with Crippen molar-refractivity contribution >= 4 is 17.7 Å². The molecule has 3 aromatic rings. The summed E-state index contributed by atoms with van der Waals surface area (Å²) in [5.74, 6) is -0.0991. The summed E-state index contributed by atoms with van der Waals surface area (Å²) in [5, 5.41) is 28.5. The minimum atomic E-state index is -0.938. The van der Waals surface area contributed by atoms with Gasteiger partial charge in [-0.25, -0.2) is 5.10 Å². The average Bonchev–Trinajstić information content (AvgIpc) is 3.37. The summed E-state index contributed by atoms with van der Waals surface area (Å²) in [5.41, 5.74) is 14.8. The fourth-order valence-corrected chi connectivity index (χ4v) is 7.18. The number of tetrazole rings is 1. The minimum absolute atomic E-state index is 0.0727. The Morgan fingerprint density at radius 2 is 1.70 bits per heavy atom. The van der Waals surface area contributed by atoms with Crippen molar-refractivity contribution in [1.82, 2.24) is 30.8 Å². The fraction of sp³-hybridized carbons (Fsp3) is 0.452. The van der Waals surface area contributed by atoms with E-state index in [-0.39, 0.29) is 36.5 Å². The molecule has 2 aliphatic carbocycles. The first-order valence-corrected chi connectivity index (χ1v) is 14.7. The lowest BCUT2D eigenvalue weighted by molar-refractivity contribution is -0.131. The minimum Gasteiger partial charge on any atom is -0.366 e. The molecule has 2 heterocycles. The highest BCUT2D eigenvalue weighted by Crippen LogP contribution is 2.49. The Labute approximate surface area is 249 Å². The van der Waals surface area contributed by atoms with Gasteiger partial charge in [0.2, 0.25) is 17.7 Å². The molecule has 1 saturated heterocycles. The van der Waals surface area contributed by atoms with Crippen molar-refractivity contribution in [2.45, 2.75) is 69.5 Å². The number of aromatic amines is 1. The molecule has 6 N–H and O–H groups in total. The molecule has 1 aromatic heterocycles. The number of likely N-dealkylation sites (tertiary alicyclic amines) is 1. The van der Waals surface area contributed by atoms with Crippen LogP contribution in [0.15, 0.2) is 36.4 Å². The number of rotatable bonds is 9. The third kappa shape index (κ3) is 4.93. The van der Waals surface area contributed by atoms with E-state index >= 15 is 0 Å². The maximum Gasteiger partial charge on any atom is 0.248 e. The number of piperidine rings is 1. The molecule has 0 radical (unpaired) electrons. The fourth-order valence-electron chi connectivity index (χ4n) is 7.18. The molecule has 2 fully saturated rings. The lowest BCUT2D eigenvalue weighted by atomic mass is 9.66. The van der Waals surface area contributed by atoms with Gasteiger partial charge in [0.1, 0.15) is 6.04 Å². The number of aryl methyl sites for hydroxylation is 2. The van der Waals surface area contributed by atoms with Gasteiger partial charge < -0.3 is 21.7 Å². The number of nitrogens with one attached hydrogen (secondary N) is 2. The van der Waals surface area contributed by atoms with Crippen molar-refractivity contribution in [1.29, 1.82) is 5.26 Å². The highest BCUT2D eigenvalue weighted by Gasteiger charge is 2.54. The number of carbonyl (C=O) groups is 3. The Bertz CT molecular complexity index is 1560. The molecule has 4 atom stereocenters. The number of benzene rings is 2. The van der Waals surface area contributed by atoms with Crippen molar-refractivity contribution in [3.8, 4) is 6.07 Å². The van der Waals surface area contributed by atoms with Gasteiger partial charge in [-0.3, -0.25) is 14.4 Å². The highest BCUT2D eigenvalue weighted by molar-refractivity contribution is 5.94. The summed E-state index contributed by atoms with van der Waals surface area (Å²) in [6.45, 7) is 4.27. The number of primary amides is 2. The maximum absolute atomic E-state index is 13.4. The second kappa shape index (κ2) is 10.9. The van der Waals surface area contributed by atoms with E-state index in [1.165, 1.54) is 0 Å². The SMILES string of the molecule is CC(C)[C@@H](CC1(c2nnn[nH]2)c2ccc(C(N)=O)cc2CCc2cc(C(N)=O)ccc21)NCC(=O)N1[C@H](C#N)C[C@@H]2C[C@@H]21. The summed E-state index contributed by atoms with van der Waals surface area (Å²) >= 11 is 0. The van der Waals surface area contributed by atoms with Gasteiger partial charge >= 0.3 is 0 Å². The van der Waals surface area contributed by atoms with Crippen molar-refractivity contribution in [2.75, 3.05) is 6.54 Å². The molecule has 0 unspecified atom stereocenters. The number of nitriles is 1. The van der Waals surface area contributed by atoms with Crippen LogP contribution in [-0.2, 0) is 23.1 Å². The molecule has 222 valence electrons. The standard InChI is InChI=1S/C31H35N9O3/c1-16(2)25(35-15-27(41)40-22(14-32)11-21-12-26(21)40)13-31(30-36-38-39-37-30)23-7-5-19(28(33)42)9-17(23)3-4-18-10-20(29(34)43)6-8-24(18)31/h5-10,16,21-22,25-26,35H,3-4,11-13,15H2,1-2H3,(H2,33,42)(H2,34,43)(H,36,37,38,39)/t21-,22+,25-,26+/m1/s1. The normalized spacial score (nSPS) is 22.1. The highest BCUT2D eigenvalue weighted by atomic mass is 16.2. The van der Waals surface area contributed by atoms with Crippen LogP contribution in [0.2, 0.25) is 0 Å². The third-order valence-corrected chi connectivity index (χ3v) is 9.50. The number of amides is 3. The van der Waals surface area contributed by atoms with Gasteiger partial charge in [0.15, 0.2) is 5.82 Å². The van der Waals surface area contributed by atoms with Crippen molar-refractivity contribution in [3.63, 3.8) is 0 Å². The number of nitrogens with two attached hydrogens (primary N) is 2. The van der Waals surface area contributed by atoms with E-state index < -0.39 is 17.2 Å². The number of aromatic nitrogens is 4. The number of hydrogen-bond donors (Lipinski definition) is 4. The Balaban J connectivity index is 1.45. The Hall–Kier alpha value is -4.63. The zero-order chi connectivity index (χ0) is 30.5. The number of nitrogens with zero attached hydrogens (tertiary/aromatic N) is 5. The van der Waals surface area contributed by atoms with Crippen LogP contribution >= 0.6 is 0 Å². The smallest absolute Gasteiger partial charge is 0.248 e. The van der Waals surface area contributed by atoms with Gasteiger partial charge in [-0.15, -0.1) is 5.10 Å². The van der Waals surface area contributed by atoms with Gasteiger partial charge in [-0.1, -0.05) is 26.0 Å². The van der Waals surface area contributed by atoms with E-state index in [1.807, 2.05) is 24.3 Å². The van der Waals surface area contributed by atoms with Crippen molar-refractivity contribution in [2.24, 2.45) is 23.3 Å². The molecular weight excluding hydrogens is 546 g/mol. The molecule has 3 aliphatic rings. The molecule has 1 saturated carbocycles. The van der Waals surface area contributed by atoms with Gasteiger partial charge in [0.05, 0.1) is 18.0 Å². The molecule has 1 aliphatic heterocycles. The zero-order valence-corrected chi connectivity index (χ0v) is 24.2.